The van der Waals surface area contributed by atoms with Gasteiger partial charge in [0.05, 0.1) is 18.1 Å². The highest BCUT2D eigenvalue weighted by Gasteiger charge is 2.57. The van der Waals surface area contributed by atoms with Crippen LogP contribution in [0.5, 0.6) is 0 Å². The SMILES string of the molecule is O=C(O)N1CCC2(CC1)C[C@@H]1OC[C@@H](c3ccccc3)N1C2=O. The minimum absolute atomic E-state index is 0.0226. The first-order chi connectivity index (χ1) is 11.1. The van der Waals surface area contributed by atoms with Gasteiger partial charge in [0.1, 0.15) is 6.23 Å². The number of carbonyl (C=O) groups is 2. The lowest BCUT2D eigenvalue weighted by molar-refractivity contribution is -0.140. The molecule has 3 saturated heterocycles. The Hall–Kier alpha value is -2.08. The Kier molecular flexibility index (Phi) is 3.30. The van der Waals surface area contributed by atoms with E-state index < -0.39 is 11.5 Å². The maximum Gasteiger partial charge on any atom is 0.407 e. The summed E-state index contributed by atoms with van der Waals surface area (Å²) in [6, 6.07) is 9.95. The lowest BCUT2D eigenvalue weighted by Crippen LogP contribution is -2.46. The van der Waals surface area contributed by atoms with Gasteiger partial charge in [-0.3, -0.25) is 4.79 Å². The van der Waals surface area contributed by atoms with Crippen LogP contribution in [-0.4, -0.2) is 52.8 Å². The van der Waals surface area contributed by atoms with E-state index in [2.05, 4.69) is 0 Å². The lowest BCUT2D eigenvalue weighted by atomic mass is 9.76. The number of carbonyl (C=O) groups excluding carboxylic acids is 1. The summed E-state index contributed by atoms with van der Waals surface area (Å²) in [6.45, 7) is 1.40. The van der Waals surface area contributed by atoms with Gasteiger partial charge in [0.15, 0.2) is 0 Å². The lowest BCUT2D eigenvalue weighted by Gasteiger charge is -2.37. The van der Waals surface area contributed by atoms with Gasteiger partial charge in [0.25, 0.3) is 0 Å². The van der Waals surface area contributed by atoms with Crippen molar-refractivity contribution in [3.05, 3.63) is 35.9 Å². The van der Waals surface area contributed by atoms with E-state index in [0.717, 1.165) is 5.56 Å². The van der Waals surface area contributed by atoms with Crippen molar-refractivity contribution in [1.29, 1.82) is 0 Å². The molecule has 3 fully saturated rings. The fourth-order valence-electron chi connectivity index (χ4n) is 4.16. The van der Waals surface area contributed by atoms with Crippen LogP contribution in [-0.2, 0) is 9.53 Å². The molecular formula is C17H20N2O4. The summed E-state index contributed by atoms with van der Waals surface area (Å²) in [7, 11) is 0. The summed E-state index contributed by atoms with van der Waals surface area (Å²) in [5.41, 5.74) is 0.660. The standard InChI is InChI=1S/C17H20N2O4/c20-15-17(6-8-18(9-7-17)16(21)22)10-14-19(15)13(11-23-14)12-4-2-1-3-5-12/h1-5,13-14H,6-11H2,(H,21,22)/t13-,14-/m0/s1. The van der Waals surface area contributed by atoms with Crippen LogP contribution in [0.1, 0.15) is 30.9 Å². The molecule has 3 aliphatic rings. The van der Waals surface area contributed by atoms with Crippen molar-refractivity contribution in [3.8, 4) is 0 Å². The molecule has 3 heterocycles. The fourth-order valence-corrected chi connectivity index (χ4v) is 4.16. The quantitative estimate of drug-likeness (QED) is 0.861. The average molecular weight is 316 g/mol. The van der Waals surface area contributed by atoms with Gasteiger partial charge in [-0.1, -0.05) is 30.3 Å². The predicted octanol–water partition coefficient (Wildman–Crippen LogP) is 2.08. The van der Waals surface area contributed by atoms with E-state index in [0.29, 0.717) is 39.0 Å². The zero-order chi connectivity index (χ0) is 16.0. The van der Waals surface area contributed by atoms with Crippen LogP contribution >= 0.6 is 0 Å². The van der Waals surface area contributed by atoms with Crippen molar-refractivity contribution in [2.24, 2.45) is 5.41 Å². The van der Waals surface area contributed by atoms with Crippen molar-refractivity contribution in [2.45, 2.75) is 31.5 Å². The molecule has 6 heteroatoms. The Morgan fingerprint density at radius 2 is 1.91 bits per heavy atom. The summed E-state index contributed by atoms with van der Waals surface area (Å²) in [5, 5.41) is 9.09. The van der Waals surface area contributed by atoms with Crippen molar-refractivity contribution in [1.82, 2.24) is 9.80 Å². The second kappa shape index (κ2) is 5.23. The van der Waals surface area contributed by atoms with Crippen LogP contribution in [0.2, 0.25) is 0 Å². The van der Waals surface area contributed by atoms with Crippen LogP contribution in [0.4, 0.5) is 4.79 Å². The number of ether oxygens (including phenoxy) is 1. The number of hydrogen-bond donors (Lipinski definition) is 1. The molecule has 2 atom stereocenters. The third-order valence-electron chi connectivity index (χ3n) is 5.52. The fraction of sp³-hybridized carbons (Fsp3) is 0.529. The van der Waals surface area contributed by atoms with E-state index in [-0.39, 0.29) is 18.2 Å². The zero-order valence-corrected chi connectivity index (χ0v) is 12.9. The van der Waals surface area contributed by atoms with Gasteiger partial charge in [0.2, 0.25) is 5.91 Å². The van der Waals surface area contributed by atoms with E-state index in [1.807, 2.05) is 35.2 Å². The topological polar surface area (TPSA) is 70.1 Å². The molecule has 0 bridgehead atoms. The molecule has 1 spiro atoms. The molecule has 0 radical (unpaired) electrons. The monoisotopic (exact) mass is 316 g/mol. The van der Waals surface area contributed by atoms with Gasteiger partial charge >= 0.3 is 6.09 Å². The van der Waals surface area contributed by atoms with Gasteiger partial charge < -0.3 is 19.6 Å². The van der Waals surface area contributed by atoms with Crippen molar-refractivity contribution < 1.29 is 19.4 Å². The highest BCUT2D eigenvalue weighted by atomic mass is 16.5. The number of benzene rings is 1. The summed E-state index contributed by atoms with van der Waals surface area (Å²) in [6.07, 6.45) is 0.808. The summed E-state index contributed by atoms with van der Waals surface area (Å²) >= 11 is 0. The third-order valence-corrected chi connectivity index (χ3v) is 5.52. The van der Waals surface area contributed by atoms with Crippen LogP contribution in [0.15, 0.2) is 30.3 Å². The number of fused-ring (bicyclic) bond motifs is 1. The maximum absolute atomic E-state index is 13.1. The minimum atomic E-state index is -0.899. The second-order valence-corrected chi connectivity index (χ2v) is 6.68. The average Bonchev–Trinajstić information content (AvgIpc) is 3.08. The van der Waals surface area contributed by atoms with Gasteiger partial charge in [0, 0.05) is 19.5 Å². The second-order valence-electron chi connectivity index (χ2n) is 6.68. The van der Waals surface area contributed by atoms with Crippen LogP contribution in [0.3, 0.4) is 0 Å². The molecule has 1 aromatic carbocycles. The Morgan fingerprint density at radius 1 is 1.22 bits per heavy atom. The first kappa shape index (κ1) is 14.5. The van der Waals surface area contributed by atoms with E-state index in [1.54, 1.807) is 0 Å². The number of nitrogens with zero attached hydrogens (tertiary/aromatic N) is 2. The van der Waals surface area contributed by atoms with Crippen LogP contribution < -0.4 is 0 Å². The number of carboxylic acid groups (broad SMARTS) is 1. The normalized spacial score (nSPS) is 29.1. The van der Waals surface area contributed by atoms with E-state index in [4.69, 9.17) is 9.84 Å². The molecule has 1 N–H and O–H groups in total. The summed E-state index contributed by atoms with van der Waals surface area (Å²) in [4.78, 5) is 27.5. The zero-order valence-electron chi connectivity index (χ0n) is 12.9. The van der Waals surface area contributed by atoms with Crippen molar-refractivity contribution in [3.63, 3.8) is 0 Å². The largest absolute Gasteiger partial charge is 0.465 e. The minimum Gasteiger partial charge on any atom is -0.465 e. The molecule has 0 saturated carbocycles. The molecule has 122 valence electrons. The van der Waals surface area contributed by atoms with Crippen molar-refractivity contribution in [2.75, 3.05) is 19.7 Å². The molecule has 0 unspecified atom stereocenters. The maximum atomic E-state index is 13.1. The Labute approximate surface area is 134 Å². The highest BCUT2D eigenvalue weighted by Crippen LogP contribution is 2.50. The predicted molar refractivity (Wildman–Crippen MR) is 81.7 cm³/mol. The van der Waals surface area contributed by atoms with Crippen molar-refractivity contribution >= 4 is 12.0 Å². The first-order valence-corrected chi connectivity index (χ1v) is 8.08. The Balaban J connectivity index is 1.55. The van der Waals surface area contributed by atoms with E-state index in [1.165, 1.54) is 4.90 Å². The molecule has 0 aliphatic carbocycles. The van der Waals surface area contributed by atoms with Gasteiger partial charge in [-0.05, 0) is 18.4 Å². The number of hydrogen-bond acceptors (Lipinski definition) is 3. The first-order valence-electron chi connectivity index (χ1n) is 8.08. The number of rotatable bonds is 1. The molecule has 6 nitrogen and oxygen atoms in total. The van der Waals surface area contributed by atoms with E-state index >= 15 is 0 Å². The molecular weight excluding hydrogens is 296 g/mol. The van der Waals surface area contributed by atoms with Crippen LogP contribution in [0.25, 0.3) is 0 Å². The third kappa shape index (κ3) is 2.20. The van der Waals surface area contributed by atoms with Crippen LogP contribution in [0, 0.1) is 5.41 Å². The van der Waals surface area contributed by atoms with E-state index in [9.17, 15) is 9.59 Å². The molecule has 0 aromatic heterocycles. The van der Waals surface area contributed by atoms with Gasteiger partial charge in [-0.15, -0.1) is 0 Å². The van der Waals surface area contributed by atoms with Gasteiger partial charge in [-0.25, -0.2) is 4.79 Å². The number of amides is 2. The molecule has 3 aliphatic heterocycles. The molecule has 1 aromatic rings. The highest BCUT2D eigenvalue weighted by molar-refractivity contribution is 5.86. The Morgan fingerprint density at radius 3 is 2.57 bits per heavy atom. The number of piperidine rings is 1. The Bertz CT molecular complexity index is 625. The summed E-state index contributed by atoms with van der Waals surface area (Å²) in [5.74, 6) is 0.138. The molecule has 4 rings (SSSR count). The molecule has 2 amide bonds. The summed E-state index contributed by atoms with van der Waals surface area (Å²) < 4.78 is 5.89. The number of likely N-dealkylation sites (tertiary alicyclic amines) is 1. The molecule has 23 heavy (non-hydrogen) atoms. The van der Waals surface area contributed by atoms with Gasteiger partial charge in [-0.2, -0.15) is 0 Å². The smallest absolute Gasteiger partial charge is 0.407 e.